The molecule has 0 saturated carbocycles. The average Bonchev–Trinajstić information content (AvgIpc) is 3.03. The van der Waals surface area contributed by atoms with Crippen molar-refractivity contribution in [1.82, 2.24) is 0 Å². The molecule has 0 fully saturated rings. The normalized spacial score (nSPS) is 11.9. The topological polar surface area (TPSA) is 0 Å². The molecule has 0 unspecified atom stereocenters. The van der Waals surface area contributed by atoms with E-state index >= 15 is 0 Å². The van der Waals surface area contributed by atoms with Crippen LogP contribution in [0, 0.1) is 0 Å². The molecule has 44 heavy (non-hydrogen) atoms. The summed E-state index contributed by atoms with van der Waals surface area (Å²) in [6.07, 6.45) is 17.0. The molecule has 0 saturated heterocycles. The highest BCUT2D eigenvalue weighted by Crippen LogP contribution is 2.41. The summed E-state index contributed by atoms with van der Waals surface area (Å²) in [4.78, 5) is 0. The van der Waals surface area contributed by atoms with Gasteiger partial charge in [-0.3, -0.25) is 0 Å². The lowest BCUT2D eigenvalue weighted by Gasteiger charge is -2.17. The lowest BCUT2D eigenvalue weighted by molar-refractivity contribution is 1.49. The Labute approximate surface area is 287 Å². The molecule has 0 bridgehead atoms. The van der Waals surface area contributed by atoms with Crippen molar-refractivity contribution in [2.24, 2.45) is 0 Å². The number of hydrogen-bond donors (Lipinski definition) is 0. The molecule has 2 radical (unpaired) electrons. The van der Waals surface area contributed by atoms with Crippen molar-refractivity contribution < 1.29 is 0 Å². The molecular formula is C40H30BBr3. The van der Waals surface area contributed by atoms with Gasteiger partial charge < -0.3 is 0 Å². The molecular weight excluding hydrogens is 731 g/mol. The molecule has 5 rings (SSSR count). The summed E-state index contributed by atoms with van der Waals surface area (Å²) >= 11 is 11.6. The molecule has 0 aliphatic carbocycles. The van der Waals surface area contributed by atoms with Gasteiger partial charge in [-0.25, -0.2) is 0 Å². The van der Waals surface area contributed by atoms with Crippen LogP contribution in [0.3, 0.4) is 0 Å². The van der Waals surface area contributed by atoms with E-state index < -0.39 is 0 Å². The van der Waals surface area contributed by atoms with Gasteiger partial charge in [0.2, 0.25) is 0 Å². The van der Waals surface area contributed by atoms with Gasteiger partial charge in [-0.05, 0) is 99.8 Å². The summed E-state index contributed by atoms with van der Waals surface area (Å²) in [5, 5.41) is 0. The Morgan fingerprint density at radius 1 is 0.432 bits per heavy atom. The summed E-state index contributed by atoms with van der Waals surface area (Å²) in [5.41, 5.74) is 11.6. The number of rotatable bonds is 8. The van der Waals surface area contributed by atoms with Crippen molar-refractivity contribution >= 4 is 97.6 Å². The minimum atomic E-state index is 0.710. The van der Waals surface area contributed by atoms with Gasteiger partial charge in [-0.1, -0.05) is 169 Å². The standard InChI is InChI=1S/C40H30BBr3/c1-3-11-29-22-34(38(42)24-30(29)12-4-2)36-26-39(43)35(25-40(36)44)33-21-31(19-17-27-13-7-5-8-14-27)32(23-37(33)41)20-18-28-15-9-6-10-16-28/h3-26H,1-2H3/b11-3+,12-4+,19-17+,20-18+. The van der Waals surface area contributed by atoms with E-state index in [0.717, 1.165) is 63.5 Å². The number of halogens is 3. The highest BCUT2D eigenvalue weighted by molar-refractivity contribution is 9.11. The predicted molar refractivity (Wildman–Crippen MR) is 206 cm³/mol. The molecule has 0 aromatic heterocycles. The minimum Gasteiger partial charge on any atom is -0.0883 e. The van der Waals surface area contributed by atoms with Gasteiger partial charge in [-0.2, -0.15) is 0 Å². The third-order valence-electron chi connectivity index (χ3n) is 7.27. The predicted octanol–water partition coefficient (Wildman–Crippen LogP) is 12.5. The zero-order chi connectivity index (χ0) is 31.1. The smallest absolute Gasteiger partial charge is 0.0883 e. The van der Waals surface area contributed by atoms with E-state index in [1.807, 2.05) is 50.2 Å². The maximum absolute atomic E-state index is 6.77. The zero-order valence-electron chi connectivity index (χ0n) is 24.6. The van der Waals surface area contributed by atoms with Gasteiger partial charge in [0, 0.05) is 13.4 Å². The molecule has 4 heteroatoms. The molecule has 0 amide bonds. The average molecular weight is 761 g/mol. The monoisotopic (exact) mass is 758 g/mol. The Morgan fingerprint density at radius 3 is 1.34 bits per heavy atom. The Balaban J connectivity index is 1.61. The van der Waals surface area contributed by atoms with Gasteiger partial charge in [0.15, 0.2) is 0 Å². The minimum absolute atomic E-state index is 0.710. The molecule has 0 heterocycles. The zero-order valence-corrected chi connectivity index (χ0v) is 29.3. The Kier molecular flexibility index (Phi) is 10.9. The third kappa shape index (κ3) is 7.61. The van der Waals surface area contributed by atoms with Crippen LogP contribution in [0.25, 0.3) is 58.7 Å². The highest BCUT2D eigenvalue weighted by atomic mass is 79.9. The third-order valence-corrected chi connectivity index (χ3v) is 9.24. The first kappa shape index (κ1) is 32.0. The quantitative estimate of drug-likeness (QED) is 0.109. The number of allylic oxidation sites excluding steroid dienone is 2. The van der Waals surface area contributed by atoms with Crippen LogP contribution in [0.2, 0.25) is 0 Å². The second-order valence-corrected chi connectivity index (χ2v) is 12.9. The van der Waals surface area contributed by atoms with E-state index in [9.17, 15) is 0 Å². The van der Waals surface area contributed by atoms with Crippen LogP contribution < -0.4 is 5.46 Å². The molecule has 0 N–H and O–H groups in total. The van der Waals surface area contributed by atoms with Crippen molar-refractivity contribution in [3.8, 4) is 22.3 Å². The maximum atomic E-state index is 6.77. The Hall–Kier alpha value is -3.44. The molecule has 0 spiro atoms. The lowest BCUT2D eigenvalue weighted by atomic mass is 9.83. The van der Waals surface area contributed by atoms with Crippen LogP contribution in [-0.4, -0.2) is 7.85 Å². The molecule has 0 nitrogen and oxygen atoms in total. The van der Waals surface area contributed by atoms with E-state index in [-0.39, 0.29) is 0 Å². The van der Waals surface area contributed by atoms with Crippen molar-refractivity contribution in [1.29, 1.82) is 0 Å². The van der Waals surface area contributed by atoms with Crippen molar-refractivity contribution in [3.63, 3.8) is 0 Å². The van der Waals surface area contributed by atoms with Gasteiger partial charge >= 0.3 is 0 Å². The fraction of sp³-hybridized carbons (Fsp3) is 0.0500. The maximum Gasteiger partial charge on any atom is 0.114 e. The van der Waals surface area contributed by atoms with Crippen LogP contribution in [0.1, 0.15) is 47.2 Å². The van der Waals surface area contributed by atoms with Crippen LogP contribution in [0.15, 0.2) is 123 Å². The van der Waals surface area contributed by atoms with E-state index in [4.69, 9.17) is 7.85 Å². The van der Waals surface area contributed by atoms with Crippen LogP contribution >= 0.6 is 47.8 Å². The van der Waals surface area contributed by atoms with Crippen molar-refractivity contribution in [2.45, 2.75) is 13.8 Å². The van der Waals surface area contributed by atoms with Crippen LogP contribution in [-0.2, 0) is 0 Å². The second-order valence-electron chi connectivity index (χ2n) is 10.3. The fourth-order valence-electron chi connectivity index (χ4n) is 5.09. The molecule has 0 aliphatic heterocycles. The lowest BCUT2D eigenvalue weighted by Crippen LogP contribution is -2.09. The summed E-state index contributed by atoms with van der Waals surface area (Å²) in [6.45, 7) is 4.08. The molecule has 0 atom stereocenters. The van der Waals surface area contributed by atoms with E-state index in [0.29, 0.717) is 5.46 Å². The first-order chi connectivity index (χ1) is 21.4. The number of benzene rings is 5. The van der Waals surface area contributed by atoms with E-state index in [1.165, 1.54) is 5.56 Å². The summed E-state index contributed by atoms with van der Waals surface area (Å²) in [6, 6.07) is 33.6. The van der Waals surface area contributed by atoms with Crippen molar-refractivity contribution in [2.75, 3.05) is 0 Å². The van der Waals surface area contributed by atoms with Crippen LogP contribution in [0.4, 0.5) is 0 Å². The first-order valence-corrected chi connectivity index (χ1v) is 16.7. The highest BCUT2D eigenvalue weighted by Gasteiger charge is 2.16. The SMILES string of the molecule is [B]c1cc(/C=C/c2ccccc2)c(/C=C/c2ccccc2)cc1-c1cc(Br)c(-c2cc(/C=C/C)c(/C=C/C)cc2Br)cc1Br. The van der Waals surface area contributed by atoms with Gasteiger partial charge in [-0.15, -0.1) is 0 Å². The number of hydrogen-bond acceptors (Lipinski definition) is 0. The van der Waals surface area contributed by atoms with Gasteiger partial charge in [0.1, 0.15) is 7.85 Å². The summed E-state index contributed by atoms with van der Waals surface area (Å²) < 4.78 is 2.97. The van der Waals surface area contributed by atoms with E-state index in [1.54, 1.807) is 0 Å². The second kappa shape index (κ2) is 15.0. The Morgan fingerprint density at radius 2 is 0.818 bits per heavy atom. The van der Waals surface area contributed by atoms with Gasteiger partial charge in [0.25, 0.3) is 0 Å². The fourth-order valence-corrected chi connectivity index (χ4v) is 6.78. The molecule has 5 aromatic carbocycles. The first-order valence-electron chi connectivity index (χ1n) is 14.4. The van der Waals surface area contributed by atoms with Crippen molar-refractivity contribution in [3.05, 3.63) is 156 Å². The summed E-state index contributed by atoms with van der Waals surface area (Å²) in [7, 11) is 6.77. The van der Waals surface area contributed by atoms with Gasteiger partial charge in [0.05, 0.1) is 0 Å². The van der Waals surface area contributed by atoms with E-state index in [2.05, 4.69) is 157 Å². The largest absolute Gasteiger partial charge is 0.114 e. The Bertz CT molecular complexity index is 1900. The molecule has 214 valence electrons. The van der Waals surface area contributed by atoms with Crippen LogP contribution in [0.5, 0.6) is 0 Å². The summed E-state index contributed by atoms with van der Waals surface area (Å²) in [5.74, 6) is 0. The molecule has 5 aromatic rings. The molecule has 0 aliphatic rings.